The van der Waals surface area contributed by atoms with Gasteiger partial charge in [0.1, 0.15) is 11.6 Å². The normalized spacial score (nSPS) is 24.9. The highest BCUT2D eigenvalue weighted by Crippen LogP contribution is 2.43. The number of alkyl halides is 3. The maximum Gasteiger partial charge on any atom is 0.400 e. The van der Waals surface area contributed by atoms with Gasteiger partial charge in [-0.2, -0.15) is 8.78 Å². The van der Waals surface area contributed by atoms with Crippen LogP contribution >= 0.6 is 0 Å². The fourth-order valence-corrected chi connectivity index (χ4v) is 5.54. The Kier molecular flexibility index (Phi) is 8.75. The molecule has 1 saturated heterocycles. The Bertz CT molecular complexity index is 999. The number of ether oxygens (including phenoxy) is 3. The van der Waals surface area contributed by atoms with Crippen molar-refractivity contribution in [1.82, 2.24) is 0 Å². The summed E-state index contributed by atoms with van der Waals surface area (Å²) >= 11 is 0. The maximum absolute atomic E-state index is 15.0. The second kappa shape index (κ2) is 11.8. The molecule has 2 fully saturated rings. The summed E-state index contributed by atoms with van der Waals surface area (Å²) in [7, 11) is 0. The van der Waals surface area contributed by atoms with Crippen LogP contribution in [-0.2, 0) is 4.74 Å². The minimum Gasteiger partial charge on any atom is -0.460 e. The highest BCUT2D eigenvalue weighted by atomic mass is 19.3. The lowest BCUT2D eigenvalue weighted by atomic mass is 9.76. The molecule has 0 amide bonds. The standard InChI is InChI=1S/C28H33F5O3/c1-2-3-18-4-12-26(34-16-18)19-5-8-21(9-6-19)28(32,33)36-22-10-11-23(24(30)15-22)20-7-13-27(35-17-29)25(31)14-20/h7,10-11,13-15,18-19,21,26H,2-6,8-9,12,16-17H2,1H3. The van der Waals surface area contributed by atoms with Gasteiger partial charge < -0.3 is 14.2 Å². The molecule has 0 radical (unpaired) electrons. The molecule has 3 nitrogen and oxygen atoms in total. The highest BCUT2D eigenvalue weighted by molar-refractivity contribution is 5.66. The zero-order chi connectivity index (χ0) is 25.7. The van der Waals surface area contributed by atoms with Crippen LogP contribution in [0.2, 0.25) is 0 Å². The molecule has 0 spiro atoms. The van der Waals surface area contributed by atoms with Gasteiger partial charge in [0.2, 0.25) is 6.86 Å². The van der Waals surface area contributed by atoms with Crippen LogP contribution in [0.5, 0.6) is 11.5 Å². The Hall–Kier alpha value is -2.35. The molecule has 0 aromatic heterocycles. The molecule has 2 aliphatic rings. The third-order valence-corrected chi connectivity index (χ3v) is 7.52. The van der Waals surface area contributed by atoms with Gasteiger partial charge in [-0.05, 0) is 86.6 Å². The predicted octanol–water partition coefficient (Wildman–Crippen LogP) is 8.31. The summed E-state index contributed by atoms with van der Waals surface area (Å²) in [4.78, 5) is 0. The lowest BCUT2D eigenvalue weighted by Crippen LogP contribution is -2.40. The van der Waals surface area contributed by atoms with Crippen molar-refractivity contribution in [3.8, 4) is 22.6 Å². The molecule has 4 rings (SSSR count). The van der Waals surface area contributed by atoms with Crippen molar-refractivity contribution in [2.24, 2.45) is 17.8 Å². The average Bonchev–Trinajstić information content (AvgIpc) is 2.86. The van der Waals surface area contributed by atoms with Gasteiger partial charge in [0.05, 0.1) is 12.0 Å². The topological polar surface area (TPSA) is 27.7 Å². The molecular weight excluding hydrogens is 479 g/mol. The summed E-state index contributed by atoms with van der Waals surface area (Å²) in [6.45, 7) is 1.74. The molecule has 1 heterocycles. The van der Waals surface area contributed by atoms with Crippen molar-refractivity contribution in [3.63, 3.8) is 0 Å². The smallest absolute Gasteiger partial charge is 0.400 e. The molecule has 1 aliphatic carbocycles. The van der Waals surface area contributed by atoms with E-state index in [-0.39, 0.29) is 28.7 Å². The lowest BCUT2D eigenvalue weighted by molar-refractivity contribution is -0.225. The third-order valence-electron chi connectivity index (χ3n) is 7.52. The Morgan fingerprint density at radius 1 is 0.944 bits per heavy atom. The number of hydrogen-bond acceptors (Lipinski definition) is 3. The first kappa shape index (κ1) is 26.7. The molecule has 1 saturated carbocycles. The fourth-order valence-electron chi connectivity index (χ4n) is 5.54. The average molecular weight is 513 g/mol. The van der Waals surface area contributed by atoms with Crippen molar-refractivity contribution < 1.29 is 36.2 Å². The third kappa shape index (κ3) is 6.31. The Labute approximate surface area is 208 Å². The Morgan fingerprint density at radius 2 is 1.72 bits per heavy atom. The minimum absolute atomic E-state index is 0.00512. The zero-order valence-corrected chi connectivity index (χ0v) is 20.5. The van der Waals surface area contributed by atoms with E-state index in [0.29, 0.717) is 37.5 Å². The van der Waals surface area contributed by atoms with Crippen molar-refractivity contribution in [3.05, 3.63) is 48.0 Å². The van der Waals surface area contributed by atoms with E-state index in [0.717, 1.165) is 38.0 Å². The molecule has 1 aliphatic heterocycles. The number of rotatable bonds is 9. The van der Waals surface area contributed by atoms with Crippen molar-refractivity contribution >= 4 is 0 Å². The van der Waals surface area contributed by atoms with Gasteiger partial charge in [0.25, 0.3) is 0 Å². The first-order valence-electron chi connectivity index (χ1n) is 12.8. The molecule has 2 atom stereocenters. The molecule has 36 heavy (non-hydrogen) atoms. The minimum atomic E-state index is -3.43. The van der Waals surface area contributed by atoms with Crippen LogP contribution < -0.4 is 9.47 Å². The lowest BCUT2D eigenvalue weighted by Gasteiger charge is -2.39. The van der Waals surface area contributed by atoms with E-state index < -0.39 is 30.5 Å². The summed E-state index contributed by atoms with van der Waals surface area (Å²) in [5, 5.41) is 0. The van der Waals surface area contributed by atoms with Gasteiger partial charge in [-0.25, -0.2) is 13.2 Å². The van der Waals surface area contributed by atoms with Gasteiger partial charge >= 0.3 is 6.11 Å². The molecule has 0 bridgehead atoms. The summed E-state index contributed by atoms with van der Waals surface area (Å²) < 4.78 is 86.5. The van der Waals surface area contributed by atoms with E-state index in [1.807, 2.05) is 0 Å². The van der Waals surface area contributed by atoms with Crippen molar-refractivity contribution in [2.45, 2.75) is 70.5 Å². The molecule has 198 valence electrons. The fraction of sp³-hybridized carbons (Fsp3) is 0.571. The van der Waals surface area contributed by atoms with Gasteiger partial charge in [-0.15, -0.1) is 0 Å². The molecule has 2 unspecified atom stereocenters. The first-order valence-corrected chi connectivity index (χ1v) is 12.8. The van der Waals surface area contributed by atoms with Gasteiger partial charge in [-0.1, -0.05) is 19.4 Å². The molecule has 2 aromatic rings. The highest BCUT2D eigenvalue weighted by Gasteiger charge is 2.45. The zero-order valence-electron chi connectivity index (χ0n) is 20.5. The summed E-state index contributed by atoms with van der Waals surface area (Å²) in [6.07, 6.45) is 3.13. The largest absolute Gasteiger partial charge is 0.460 e. The first-order chi connectivity index (χ1) is 17.3. The maximum atomic E-state index is 15.0. The summed E-state index contributed by atoms with van der Waals surface area (Å²) in [5.74, 6) is -2.33. The van der Waals surface area contributed by atoms with Crippen LogP contribution in [0.1, 0.15) is 58.3 Å². The monoisotopic (exact) mass is 512 g/mol. The predicted molar refractivity (Wildman–Crippen MR) is 127 cm³/mol. The Morgan fingerprint density at radius 3 is 2.33 bits per heavy atom. The Balaban J connectivity index is 1.34. The van der Waals surface area contributed by atoms with Gasteiger partial charge in [0, 0.05) is 18.2 Å². The molecule has 2 aromatic carbocycles. The number of hydrogen-bond donors (Lipinski definition) is 0. The van der Waals surface area contributed by atoms with Crippen LogP contribution in [0.15, 0.2) is 36.4 Å². The van der Waals surface area contributed by atoms with Crippen LogP contribution in [0, 0.1) is 29.4 Å². The number of benzene rings is 2. The van der Waals surface area contributed by atoms with E-state index in [2.05, 4.69) is 11.7 Å². The van der Waals surface area contributed by atoms with E-state index >= 15 is 0 Å². The van der Waals surface area contributed by atoms with Crippen molar-refractivity contribution in [1.29, 1.82) is 0 Å². The van der Waals surface area contributed by atoms with E-state index in [1.54, 1.807) is 0 Å². The summed E-state index contributed by atoms with van der Waals surface area (Å²) in [5.41, 5.74) is 0.171. The van der Waals surface area contributed by atoms with E-state index in [1.165, 1.54) is 30.7 Å². The second-order valence-electron chi connectivity index (χ2n) is 9.92. The van der Waals surface area contributed by atoms with Gasteiger partial charge in [-0.3, -0.25) is 0 Å². The quantitative estimate of drug-likeness (QED) is 0.316. The van der Waals surface area contributed by atoms with Gasteiger partial charge in [0.15, 0.2) is 11.6 Å². The van der Waals surface area contributed by atoms with E-state index in [4.69, 9.17) is 9.47 Å². The van der Waals surface area contributed by atoms with Crippen molar-refractivity contribution in [2.75, 3.05) is 13.5 Å². The number of halogens is 5. The molecule has 8 heteroatoms. The van der Waals surface area contributed by atoms with Crippen LogP contribution in [-0.4, -0.2) is 25.7 Å². The van der Waals surface area contributed by atoms with Crippen LogP contribution in [0.3, 0.4) is 0 Å². The second-order valence-corrected chi connectivity index (χ2v) is 9.92. The SMILES string of the molecule is CCCC1CCC(C2CCC(C(F)(F)Oc3ccc(-c4ccc(OCF)c(F)c4)c(F)c3)CC2)OC1. The van der Waals surface area contributed by atoms with Crippen LogP contribution in [0.25, 0.3) is 11.1 Å². The van der Waals surface area contributed by atoms with E-state index in [9.17, 15) is 22.0 Å². The summed E-state index contributed by atoms with van der Waals surface area (Å²) in [6, 6.07) is 6.91. The molecular formula is C28H33F5O3. The van der Waals surface area contributed by atoms with Crippen LogP contribution in [0.4, 0.5) is 22.0 Å². The molecule has 0 N–H and O–H groups in total.